The van der Waals surface area contributed by atoms with Crippen molar-refractivity contribution in [2.45, 2.75) is 52.1 Å². The fraction of sp³-hybridized carbons (Fsp3) is 0.611. The largest absolute Gasteiger partial charge is 0.448 e. The van der Waals surface area contributed by atoms with Crippen molar-refractivity contribution in [1.29, 1.82) is 0 Å². The number of carbonyl (C=O) groups excluding carboxylic acids is 1. The number of aromatic nitrogens is 1. The zero-order chi connectivity index (χ0) is 16.2. The van der Waals surface area contributed by atoms with Gasteiger partial charge in [-0.1, -0.05) is 6.42 Å². The molecule has 2 aromatic rings. The van der Waals surface area contributed by atoms with Gasteiger partial charge in [0.15, 0.2) is 0 Å². The number of rotatable bonds is 6. The van der Waals surface area contributed by atoms with Crippen LogP contribution in [0.2, 0.25) is 0 Å². The minimum Gasteiger partial charge on any atom is -0.448 e. The lowest BCUT2D eigenvalue weighted by molar-refractivity contribution is 0.0939. The first-order valence-corrected chi connectivity index (χ1v) is 8.79. The molecular formula is C18H27N3O2. The van der Waals surface area contributed by atoms with Crippen LogP contribution in [0.25, 0.3) is 11.1 Å². The Morgan fingerprint density at radius 2 is 2.30 bits per heavy atom. The van der Waals surface area contributed by atoms with Crippen molar-refractivity contribution in [2.75, 3.05) is 19.6 Å². The number of furan rings is 1. The standard InChI is InChI=1S/C18H27N3O2/c1-3-21-16(13-15-8-12-23-18(15)21)17(22)19-9-6-11-20-10-5-4-7-14(20)2/h8,12-14H,3-7,9-11H2,1-2H3,(H,19,22). The van der Waals surface area contributed by atoms with Gasteiger partial charge in [0.1, 0.15) is 5.69 Å². The summed E-state index contributed by atoms with van der Waals surface area (Å²) >= 11 is 0. The number of likely N-dealkylation sites (tertiary alicyclic amines) is 1. The van der Waals surface area contributed by atoms with Crippen molar-refractivity contribution in [3.63, 3.8) is 0 Å². The van der Waals surface area contributed by atoms with E-state index in [1.165, 1.54) is 25.8 Å². The molecule has 3 rings (SSSR count). The van der Waals surface area contributed by atoms with Crippen molar-refractivity contribution in [1.82, 2.24) is 14.8 Å². The molecule has 5 heteroatoms. The molecule has 2 aromatic heterocycles. The smallest absolute Gasteiger partial charge is 0.268 e. The summed E-state index contributed by atoms with van der Waals surface area (Å²) in [6.07, 6.45) is 6.62. The van der Waals surface area contributed by atoms with E-state index in [-0.39, 0.29) is 5.91 Å². The molecule has 1 N–H and O–H groups in total. The van der Waals surface area contributed by atoms with Gasteiger partial charge in [0, 0.05) is 31.1 Å². The van der Waals surface area contributed by atoms with Crippen LogP contribution in [0.5, 0.6) is 0 Å². The Balaban J connectivity index is 1.51. The maximum Gasteiger partial charge on any atom is 0.268 e. The molecule has 5 nitrogen and oxygen atoms in total. The van der Waals surface area contributed by atoms with Gasteiger partial charge < -0.3 is 19.2 Å². The second-order valence-corrected chi connectivity index (χ2v) is 6.45. The minimum absolute atomic E-state index is 0.00931. The lowest BCUT2D eigenvalue weighted by Gasteiger charge is -2.33. The number of fused-ring (bicyclic) bond motifs is 1. The first-order valence-electron chi connectivity index (χ1n) is 8.79. The molecule has 1 aliphatic rings. The molecule has 0 bridgehead atoms. The molecule has 1 unspecified atom stereocenters. The lowest BCUT2D eigenvalue weighted by Crippen LogP contribution is -2.39. The van der Waals surface area contributed by atoms with Crippen LogP contribution in [0.15, 0.2) is 22.8 Å². The Kier molecular flexibility index (Phi) is 5.06. The maximum absolute atomic E-state index is 12.4. The molecule has 0 spiro atoms. The number of amides is 1. The van der Waals surface area contributed by atoms with Gasteiger partial charge in [-0.05, 0) is 51.8 Å². The van der Waals surface area contributed by atoms with Crippen LogP contribution < -0.4 is 5.32 Å². The van der Waals surface area contributed by atoms with Gasteiger partial charge in [-0.3, -0.25) is 4.79 Å². The summed E-state index contributed by atoms with van der Waals surface area (Å²) < 4.78 is 7.39. The average Bonchev–Trinajstić information content (AvgIpc) is 3.13. The van der Waals surface area contributed by atoms with Crippen molar-refractivity contribution < 1.29 is 9.21 Å². The Bertz CT molecular complexity index is 658. The van der Waals surface area contributed by atoms with Gasteiger partial charge in [0.2, 0.25) is 5.71 Å². The number of carbonyl (C=O) groups is 1. The Morgan fingerprint density at radius 3 is 3.09 bits per heavy atom. The molecule has 3 heterocycles. The molecule has 1 fully saturated rings. The van der Waals surface area contributed by atoms with E-state index < -0.39 is 0 Å². The fourth-order valence-corrected chi connectivity index (χ4v) is 3.54. The van der Waals surface area contributed by atoms with Gasteiger partial charge in [-0.2, -0.15) is 0 Å². The van der Waals surface area contributed by atoms with Gasteiger partial charge in [0.25, 0.3) is 5.91 Å². The van der Waals surface area contributed by atoms with Crippen LogP contribution in [0.3, 0.4) is 0 Å². The molecule has 1 amide bonds. The molecule has 0 aliphatic carbocycles. The van der Waals surface area contributed by atoms with Gasteiger partial charge in [-0.15, -0.1) is 0 Å². The summed E-state index contributed by atoms with van der Waals surface area (Å²) in [5, 5.41) is 4.04. The molecular weight excluding hydrogens is 290 g/mol. The number of nitrogens with zero attached hydrogens (tertiary/aromatic N) is 2. The molecule has 23 heavy (non-hydrogen) atoms. The van der Waals surface area contributed by atoms with E-state index in [1.807, 2.05) is 23.6 Å². The molecule has 1 atom stereocenters. The van der Waals surface area contributed by atoms with Gasteiger partial charge in [-0.25, -0.2) is 0 Å². The van der Waals surface area contributed by atoms with Crippen molar-refractivity contribution >= 4 is 17.0 Å². The van der Waals surface area contributed by atoms with Crippen molar-refractivity contribution in [3.05, 3.63) is 24.1 Å². The summed E-state index contributed by atoms with van der Waals surface area (Å²) in [4.78, 5) is 15.0. The third kappa shape index (κ3) is 3.44. The third-order valence-corrected chi connectivity index (χ3v) is 4.90. The van der Waals surface area contributed by atoms with E-state index in [0.717, 1.165) is 37.2 Å². The SMILES string of the molecule is CCn1c(C(=O)NCCCN2CCCCC2C)cc2ccoc21. The number of hydrogen-bond acceptors (Lipinski definition) is 3. The molecule has 126 valence electrons. The highest BCUT2D eigenvalue weighted by Gasteiger charge is 2.18. The summed E-state index contributed by atoms with van der Waals surface area (Å²) in [5.41, 5.74) is 1.47. The Morgan fingerprint density at radius 1 is 1.43 bits per heavy atom. The summed E-state index contributed by atoms with van der Waals surface area (Å²) in [7, 11) is 0. The highest BCUT2D eigenvalue weighted by molar-refractivity contribution is 5.97. The van der Waals surface area contributed by atoms with Crippen LogP contribution >= 0.6 is 0 Å². The highest BCUT2D eigenvalue weighted by atomic mass is 16.3. The van der Waals surface area contributed by atoms with E-state index in [4.69, 9.17) is 4.42 Å². The molecule has 0 saturated carbocycles. The zero-order valence-electron chi connectivity index (χ0n) is 14.2. The van der Waals surface area contributed by atoms with E-state index in [9.17, 15) is 4.79 Å². The zero-order valence-corrected chi connectivity index (χ0v) is 14.2. The van der Waals surface area contributed by atoms with Crippen LogP contribution in [0.1, 0.15) is 50.0 Å². The number of aryl methyl sites for hydroxylation is 1. The van der Waals surface area contributed by atoms with E-state index in [1.54, 1.807) is 6.26 Å². The molecule has 1 aliphatic heterocycles. The number of hydrogen-bond donors (Lipinski definition) is 1. The topological polar surface area (TPSA) is 50.4 Å². The summed E-state index contributed by atoms with van der Waals surface area (Å²) in [5.74, 6) is -0.00931. The van der Waals surface area contributed by atoms with Gasteiger partial charge in [0.05, 0.1) is 6.26 Å². The maximum atomic E-state index is 12.4. The number of nitrogens with one attached hydrogen (secondary N) is 1. The van der Waals surface area contributed by atoms with E-state index >= 15 is 0 Å². The fourth-order valence-electron chi connectivity index (χ4n) is 3.54. The molecule has 1 saturated heterocycles. The van der Waals surface area contributed by atoms with E-state index in [2.05, 4.69) is 17.1 Å². The van der Waals surface area contributed by atoms with Crippen molar-refractivity contribution in [3.8, 4) is 0 Å². The lowest BCUT2D eigenvalue weighted by atomic mass is 10.0. The van der Waals surface area contributed by atoms with Gasteiger partial charge >= 0.3 is 0 Å². The second-order valence-electron chi connectivity index (χ2n) is 6.45. The van der Waals surface area contributed by atoms with Crippen molar-refractivity contribution in [2.24, 2.45) is 0 Å². The third-order valence-electron chi connectivity index (χ3n) is 4.90. The highest BCUT2D eigenvalue weighted by Crippen LogP contribution is 2.21. The molecule has 0 radical (unpaired) electrons. The molecule has 0 aromatic carbocycles. The Labute approximate surface area is 137 Å². The summed E-state index contributed by atoms with van der Waals surface area (Å²) in [6, 6.07) is 4.49. The van der Waals surface area contributed by atoms with Crippen LogP contribution in [-0.4, -0.2) is 41.1 Å². The first-order chi connectivity index (χ1) is 11.2. The summed E-state index contributed by atoms with van der Waals surface area (Å²) in [6.45, 7) is 8.05. The number of piperidine rings is 1. The quantitative estimate of drug-likeness (QED) is 0.832. The van der Waals surface area contributed by atoms with Crippen LogP contribution in [0, 0.1) is 0 Å². The van der Waals surface area contributed by atoms with E-state index in [0.29, 0.717) is 11.7 Å². The first kappa shape index (κ1) is 16.1. The minimum atomic E-state index is -0.00931. The predicted molar refractivity (Wildman–Crippen MR) is 91.7 cm³/mol. The van der Waals surface area contributed by atoms with Crippen LogP contribution in [-0.2, 0) is 6.54 Å². The van der Waals surface area contributed by atoms with Crippen LogP contribution in [0.4, 0.5) is 0 Å². The second kappa shape index (κ2) is 7.21. The predicted octanol–water partition coefficient (Wildman–Crippen LogP) is 3.25. The monoisotopic (exact) mass is 317 g/mol. The Hall–Kier alpha value is -1.75. The normalized spacial score (nSPS) is 19.3. The average molecular weight is 317 g/mol.